The van der Waals surface area contributed by atoms with Crippen LogP contribution in [0.25, 0.3) is 0 Å². The van der Waals surface area contributed by atoms with Crippen LogP contribution < -0.4 is 15.4 Å². The lowest BCUT2D eigenvalue weighted by Gasteiger charge is -2.13. The van der Waals surface area contributed by atoms with Gasteiger partial charge in [-0.05, 0) is 44.2 Å². The molecule has 2 N–H and O–H groups in total. The van der Waals surface area contributed by atoms with Gasteiger partial charge < -0.3 is 15.4 Å². The number of hydrogen-bond acceptors (Lipinski definition) is 5. The standard InChI is InChI=1S/C18H27N7O.HI/c1-3-19-18(22-12-16-23-13-24-25(16)2)21-11-14-8-9-20-17(10-14)26-15-6-4-5-7-15;/h8-10,13,15H,3-7,11-12H2,1-2H3,(H2,19,21,22);1H. The van der Waals surface area contributed by atoms with Gasteiger partial charge in [0.2, 0.25) is 5.88 Å². The summed E-state index contributed by atoms with van der Waals surface area (Å²) < 4.78 is 7.71. The number of rotatable bonds is 7. The van der Waals surface area contributed by atoms with E-state index in [0.29, 0.717) is 25.1 Å². The number of aryl methyl sites for hydroxylation is 1. The number of nitrogens with one attached hydrogen (secondary N) is 2. The summed E-state index contributed by atoms with van der Waals surface area (Å²) in [5.74, 6) is 2.29. The molecule has 1 aliphatic rings. The van der Waals surface area contributed by atoms with E-state index in [1.54, 1.807) is 17.2 Å². The van der Waals surface area contributed by atoms with E-state index in [1.807, 2.05) is 26.1 Å². The molecule has 0 bridgehead atoms. The summed E-state index contributed by atoms with van der Waals surface area (Å²) in [6.45, 7) is 3.95. The molecule has 148 valence electrons. The number of pyridine rings is 1. The minimum atomic E-state index is 0. The quantitative estimate of drug-likeness (QED) is 0.356. The van der Waals surface area contributed by atoms with E-state index in [4.69, 9.17) is 4.74 Å². The highest BCUT2D eigenvalue weighted by atomic mass is 127. The van der Waals surface area contributed by atoms with Crippen molar-refractivity contribution < 1.29 is 4.74 Å². The molecule has 0 atom stereocenters. The Balaban J connectivity index is 0.00000261. The van der Waals surface area contributed by atoms with Crippen molar-refractivity contribution in [2.75, 3.05) is 6.54 Å². The number of guanidine groups is 1. The molecule has 2 aromatic rings. The smallest absolute Gasteiger partial charge is 0.213 e. The van der Waals surface area contributed by atoms with Gasteiger partial charge in [-0.15, -0.1) is 24.0 Å². The average Bonchev–Trinajstić information content (AvgIpc) is 3.29. The number of hydrogen-bond donors (Lipinski definition) is 2. The van der Waals surface area contributed by atoms with Crippen molar-refractivity contribution >= 4 is 29.9 Å². The van der Waals surface area contributed by atoms with Crippen LogP contribution in [0.15, 0.2) is 29.6 Å². The summed E-state index contributed by atoms with van der Waals surface area (Å²) in [6, 6.07) is 3.95. The molecule has 1 aliphatic carbocycles. The van der Waals surface area contributed by atoms with Crippen LogP contribution in [0.5, 0.6) is 5.88 Å². The highest BCUT2D eigenvalue weighted by Crippen LogP contribution is 2.23. The first-order valence-corrected chi connectivity index (χ1v) is 9.21. The number of halogens is 1. The van der Waals surface area contributed by atoms with Crippen molar-refractivity contribution in [1.82, 2.24) is 30.4 Å². The topological polar surface area (TPSA) is 89.2 Å². The van der Waals surface area contributed by atoms with Crippen LogP contribution in [0, 0.1) is 0 Å². The highest BCUT2D eigenvalue weighted by molar-refractivity contribution is 14.0. The average molecular weight is 485 g/mol. The van der Waals surface area contributed by atoms with E-state index >= 15 is 0 Å². The molecule has 1 saturated carbocycles. The van der Waals surface area contributed by atoms with Crippen LogP contribution >= 0.6 is 24.0 Å². The van der Waals surface area contributed by atoms with Crippen LogP contribution in [-0.2, 0) is 20.1 Å². The molecule has 1 fully saturated rings. The second kappa shape index (κ2) is 11.1. The molecule has 0 saturated heterocycles. The SMILES string of the molecule is CCNC(=NCc1ccnc(OC2CCCC2)c1)NCc1ncnn1C.I. The second-order valence-electron chi connectivity index (χ2n) is 6.38. The molecule has 2 aromatic heterocycles. The van der Waals surface area contributed by atoms with E-state index in [2.05, 4.69) is 30.7 Å². The van der Waals surface area contributed by atoms with Gasteiger partial charge in [0, 0.05) is 25.9 Å². The van der Waals surface area contributed by atoms with Crippen LogP contribution in [-0.4, -0.2) is 38.4 Å². The van der Waals surface area contributed by atoms with Crippen molar-refractivity contribution in [2.24, 2.45) is 12.0 Å². The van der Waals surface area contributed by atoms with Crippen molar-refractivity contribution in [3.8, 4) is 5.88 Å². The molecule has 0 amide bonds. The third-order valence-corrected chi connectivity index (χ3v) is 4.37. The Bertz CT molecular complexity index is 728. The predicted molar refractivity (Wildman–Crippen MR) is 115 cm³/mol. The first kappa shape index (κ1) is 21.4. The normalized spacial score (nSPS) is 14.7. The lowest BCUT2D eigenvalue weighted by molar-refractivity contribution is 0.201. The largest absolute Gasteiger partial charge is 0.474 e. The Morgan fingerprint density at radius 3 is 2.81 bits per heavy atom. The van der Waals surface area contributed by atoms with Crippen molar-refractivity contribution in [2.45, 2.75) is 51.8 Å². The third-order valence-electron chi connectivity index (χ3n) is 4.37. The maximum Gasteiger partial charge on any atom is 0.213 e. The van der Waals surface area contributed by atoms with Crippen LogP contribution in [0.2, 0.25) is 0 Å². The Morgan fingerprint density at radius 2 is 2.11 bits per heavy atom. The molecule has 2 heterocycles. The van der Waals surface area contributed by atoms with Crippen LogP contribution in [0.1, 0.15) is 44.0 Å². The maximum absolute atomic E-state index is 5.97. The predicted octanol–water partition coefficient (Wildman–Crippen LogP) is 2.40. The number of ether oxygens (including phenoxy) is 1. The Morgan fingerprint density at radius 1 is 1.30 bits per heavy atom. The molecular weight excluding hydrogens is 457 g/mol. The van der Waals surface area contributed by atoms with Gasteiger partial charge in [0.25, 0.3) is 0 Å². The van der Waals surface area contributed by atoms with Gasteiger partial charge in [-0.1, -0.05) is 0 Å². The zero-order chi connectivity index (χ0) is 18.2. The van der Waals surface area contributed by atoms with Crippen molar-refractivity contribution in [3.05, 3.63) is 36.0 Å². The van der Waals surface area contributed by atoms with Gasteiger partial charge in [-0.25, -0.2) is 15.0 Å². The van der Waals surface area contributed by atoms with Crippen molar-refractivity contribution in [1.29, 1.82) is 0 Å². The van der Waals surface area contributed by atoms with Crippen molar-refractivity contribution in [3.63, 3.8) is 0 Å². The number of nitrogens with zero attached hydrogens (tertiary/aromatic N) is 5. The summed E-state index contributed by atoms with van der Waals surface area (Å²) in [6.07, 6.45) is 8.39. The molecule has 9 heteroatoms. The van der Waals surface area contributed by atoms with Gasteiger partial charge in [0.05, 0.1) is 13.1 Å². The van der Waals surface area contributed by atoms with Crippen LogP contribution in [0.4, 0.5) is 0 Å². The number of aromatic nitrogens is 4. The first-order valence-electron chi connectivity index (χ1n) is 9.21. The summed E-state index contributed by atoms with van der Waals surface area (Å²) in [5.41, 5.74) is 1.07. The minimum Gasteiger partial charge on any atom is -0.474 e. The monoisotopic (exact) mass is 485 g/mol. The van der Waals surface area contributed by atoms with Gasteiger partial charge in [-0.2, -0.15) is 5.10 Å². The molecule has 0 radical (unpaired) electrons. The Labute approximate surface area is 177 Å². The fraction of sp³-hybridized carbons (Fsp3) is 0.556. The van der Waals surface area contributed by atoms with E-state index < -0.39 is 0 Å². The minimum absolute atomic E-state index is 0. The Hall–Kier alpha value is -1.91. The fourth-order valence-corrected chi connectivity index (χ4v) is 2.95. The second-order valence-corrected chi connectivity index (χ2v) is 6.38. The molecule has 3 rings (SSSR count). The van der Waals surface area contributed by atoms with E-state index in [1.165, 1.54) is 12.8 Å². The first-order chi connectivity index (χ1) is 12.7. The third kappa shape index (κ3) is 6.64. The molecule has 0 spiro atoms. The molecule has 0 aliphatic heterocycles. The van der Waals surface area contributed by atoms with Gasteiger partial charge in [-0.3, -0.25) is 4.68 Å². The lowest BCUT2D eigenvalue weighted by Crippen LogP contribution is -2.37. The molecule has 8 nitrogen and oxygen atoms in total. The molecule has 0 aromatic carbocycles. The Kier molecular flexibility index (Phi) is 8.76. The number of aliphatic imine (C=N–C) groups is 1. The van der Waals surface area contributed by atoms with Gasteiger partial charge in [0.15, 0.2) is 5.96 Å². The summed E-state index contributed by atoms with van der Waals surface area (Å²) in [7, 11) is 1.87. The zero-order valence-corrected chi connectivity index (χ0v) is 18.2. The van der Waals surface area contributed by atoms with E-state index in [-0.39, 0.29) is 24.0 Å². The summed E-state index contributed by atoms with van der Waals surface area (Å²) in [5, 5.41) is 10.6. The zero-order valence-electron chi connectivity index (χ0n) is 15.9. The summed E-state index contributed by atoms with van der Waals surface area (Å²) in [4.78, 5) is 13.2. The molecular formula is C18H28IN7O. The van der Waals surface area contributed by atoms with E-state index in [9.17, 15) is 0 Å². The maximum atomic E-state index is 5.97. The lowest BCUT2D eigenvalue weighted by atomic mass is 10.2. The van der Waals surface area contributed by atoms with Gasteiger partial charge >= 0.3 is 0 Å². The van der Waals surface area contributed by atoms with E-state index in [0.717, 1.165) is 36.7 Å². The molecule has 27 heavy (non-hydrogen) atoms. The molecule has 0 unspecified atom stereocenters. The highest BCUT2D eigenvalue weighted by Gasteiger charge is 2.17. The van der Waals surface area contributed by atoms with Crippen LogP contribution in [0.3, 0.4) is 0 Å². The van der Waals surface area contributed by atoms with Gasteiger partial charge in [0.1, 0.15) is 18.3 Å². The summed E-state index contributed by atoms with van der Waals surface area (Å²) >= 11 is 0. The fourth-order valence-electron chi connectivity index (χ4n) is 2.95.